The van der Waals surface area contributed by atoms with E-state index < -0.39 is 6.10 Å². The molecule has 0 saturated heterocycles. The molecule has 0 heterocycles. The van der Waals surface area contributed by atoms with Crippen molar-refractivity contribution in [3.63, 3.8) is 0 Å². The van der Waals surface area contributed by atoms with Crippen LogP contribution in [0.4, 0.5) is 4.79 Å². The third-order valence-electron chi connectivity index (χ3n) is 3.30. The lowest BCUT2D eigenvalue weighted by atomic mass is 10.1. The van der Waals surface area contributed by atoms with Gasteiger partial charge in [0.1, 0.15) is 0 Å². The summed E-state index contributed by atoms with van der Waals surface area (Å²) in [6.07, 6.45) is 0.0818. The summed E-state index contributed by atoms with van der Waals surface area (Å²) in [5.74, 6) is 0. The molecule has 1 aromatic carbocycles. The van der Waals surface area contributed by atoms with Gasteiger partial charge in [-0.25, -0.2) is 4.79 Å². The molecule has 17 heavy (non-hydrogen) atoms. The smallest absolute Gasteiger partial charge is 0.317 e. The van der Waals surface area contributed by atoms with Crippen molar-refractivity contribution in [1.82, 2.24) is 10.2 Å². The molecule has 4 heteroatoms. The average molecular weight is 234 g/mol. The van der Waals surface area contributed by atoms with Gasteiger partial charge in [0.15, 0.2) is 0 Å². The number of carbonyl (C=O) groups excluding carboxylic acids is 1. The second kappa shape index (κ2) is 4.75. The zero-order valence-electron chi connectivity index (χ0n) is 10.2. The molecular weight excluding hydrogens is 216 g/mol. The minimum Gasteiger partial charge on any atom is -0.390 e. The summed E-state index contributed by atoms with van der Waals surface area (Å²) < 4.78 is 0. The van der Waals surface area contributed by atoms with Gasteiger partial charge in [-0.15, -0.1) is 0 Å². The first kappa shape index (κ1) is 11.9. The standard InChI is InChI=1S/C13H18N2O2/c1-3-15(2)13(17)14-12-10-7-5-4-6-9(10)8-11(12)16/h4-7,11-12,16H,3,8H2,1-2H3,(H,14,17). The average Bonchev–Trinajstić information content (AvgIpc) is 2.65. The van der Waals surface area contributed by atoms with Gasteiger partial charge in [-0.1, -0.05) is 24.3 Å². The lowest BCUT2D eigenvalue weighted by molar-refractivity contribution is 0.136. The van der Waals surface area contributed by atoms with E-state index >= 15 is 0 Å². The third kappa shape index (κ3) is 2.26. The van der Waals surface area contributed by atoms with Gasteiger partial charge in [-0.05, 0) is 18.1 Å². The number of fused-ring (bicyclic) bond motifs is 1. The van der Waals surface area contributed by atoms with Crippen molar-refractivity contribution in [1.29, 1.82) is 0 Å². The number of nitrogens with one attached hydrogen (secondary N) is 1. The van der Waals surface area contributed by atoms with Gasteiger partial charge >= 0.3 is 6.03 Å². The van der Waals surface area contributed by atoms with Crippen LogP contribution in [-0.4, -0.2) is 35.7 Å². The molecule has 0 aliphatic heterocycles. The van der Waals surface area contributed by atoms with E-state index in [4.69, 9.17) is 0 Å². The number of benzene rings is 1. The van der Waals surface area contributed by atoms with Crippen LogP contribution in [-0.2, 0) is 6.42 Å². The van der Waals surface area contributed by atoms with E-state index in [-0.39, 0.29) is 12.1 Å². The molecule has 1 aromatic rings. The Morgan fingerprint density at radius 1 is 1.53 bits per heavy atom. The van der Waals surface area contributed by atoms with Gasteiger partial charge in [0.25, 0.3) is 0 Å². The van der Waals surface area contributed by atoms with Crippen LogP contribution in [0.1, 0.15) is 24.1 Å². The van der Waals surface area contributed by atoms with E-state index in [0.717, 1.165) is 11.1 Å². The van der Waals surface area contributed by atoms with Crippen LogP contribution in [0.15, 0.2) is 24.3 Å². The Hall–Kier alpha value is -1.55. The van der Waals surface area contributed by atoms with Crippen molar-refractivity contribution < 1.29 is 9.90 Å². The number of rotatable bonds is 2. The largest absolute Gasteiger partial charge is 0.390 e. The molecule has 2 amide bonds. The first-order chi connectivity index (χ1) is 8.13. The maximum Gasteiger partial charge on any atom is 0.317 e. The van der Waals surface area contributed by atoms with Gasteiger partial charge in [0, 0.05) is 20.0 Å². The van der Waals surface area contributed by atoms with Crippen molar-refractivity contribution in [3.05, 3.63) is 35.4 Å². The number of carbonyl (C=O) groups is 1. The van der Waals surface area contributed by atoms with Gasteiger partial charge in [-0.3, -0.25) is 0 Å². The molecular formula is C13H18N2O2. The van der Waals surface area contributed by atoms with Gasteiger partial charge < -0.3 is 15.3 Å². The van der Waals surface area contributed by atoms with E-state index in [2.05, 4.69) is 5.32 Å². The fraction of sp³-hybridized carbons (Fsp3) is 0.462. The summed E-state index contributed by atoms with van der Waals surface area (Å²) in [6.45, 7) is 2.56. The Morgan fingerprint density at radius 2 is 2.24 bits per heavy atom. The van der Waals surface area contributed by atoms with E-state index in [1.165, 1.54) is 0 Å². The molecule has 0 bridgehead atoms. The Balaban J connectivity index is 2.14. The fourth-order valence-corrected chi connectivity index (χ4v) is 2.13. The Labute approximate surface area is 101 Å². The van der Waals surface area contributed by atoms with Crippen LogP contribution in [0.25, 0.3) is 0 Å². The molecule has 0 aromatic heterocycles. The maximum atomic E-state index is 11.8. The number of urea groups is 1. The van der Waals surface area contributed by atoms with E-state index in [1.54, 1.807) is 11.9 Å². The van der Waals surface area contributed by atoms with Crippen molar-refractivity contribution in [2.75, 3.05) is 13.6 Å². The predicted molar refractivity (Wildman–Crippen MR) is 65.7 cm³/mol. The molecule has 2 N–H and O–H groups in total. The topological polar surface area (TPSA) is 52.6 Å². The highest BCUT2D eigenvalue weighted by Gasteiger charge is 2.32. The lowest BCUT2D eigenvalue weighted by Crippen LogP contribution is -2.41. The van der Waals surface area contributed by atoms with Gasteiger partial charge in [0.05, 0.1) is 12.1 Å². The van der Waals surface area contributed by atoms with Crippen LogP contribution >= 0.6 is 0 Å². The molecule has 0 fully saturated rings. The summed E-state index contributed by atoms with van der Waals surface area (Å²) in [6, 6.07) is 7.41. The van der Waals surface area contributed by atoms with Crippen LogP contribution in [0.2, 0.25) is 0 Å². The minimum absolute atomic E-state index is 0.145. The molecule has 2 unspecified atom stereocenters. The number of hydrogen-bond acceptors (Lipinski definition) is 2. The molecule has 1 aliphatic carbocycles. The SMILES string of the molecule is CCN(C)C(=O)NC1c2ccccc2CC1O. The molecule has 0 radical (unpaired) electrons. The molecule has 92 valence electrons. The van der Waals surface area contributed by atoms with Crippen LogP contribution in [0.5, 0.6) is 0 Å². The first-order valence-electron chi connectivity index (χ1n) is 5.91. The van der Waals surface area contributed by atoms with Crippen molar-refractivity contribution in [2.45, 2.75) is 25.5 Å². The number of aliphatic hydroxyl groups excluding tert-OH is 1. The molecule has 2 atom stereocenters. The second-order valence-corrected chi connectivity index (χ2v) is 4.41. The molecule has 0 spiro atoms. The summed E-state index contributed by atoms with van der Waals surface area (Å²) in [7, 11) is 1.74. The van der Waals surface area contributed by atoms with E-state index in [1.807, 2.05) is 31.2 Å². The fourth-order valence-electron chi connectivity index (χ4n) is 2.13. The summed E-state index contributed by atoms with van der Waals surface area (Å²) in [5.41, 5.74) is 2.14. The molecule has 1 aliphatic rings. The maximum absolute atomic E-state index is 11.8. The number of amides is 2. The van der Waals surface area contributed by atoms with Gasteiger partial charge in [0.2, 0.25) is 0 Å². The quantitative estimate of drug-likeness (QED) is 0.810. The molecule has 0 saturated carbocycles. The normalized spacial score (nSPS) is 22.1. The second-order valence-electron chi connectivity index (χ2n) is 4.41. The zero-order chi connectivity index (χ0) is 12.4. The number of aliphatic hydroxyl groups is 1. The van der Waals surface area contributed by atoms with Crippen LogP contribution < -0.4 is 5.32 Å². The van der Waals surface area contributed by atoms with Crippen LogP contribution in [0.3, 0.4) is 0 Å². The zero-order valence-corrected chi connectivity index (χ0v) is 10.2. The van der Waals surface area contributed by atoms with Crippen molar-refractivity contribution >= 4 is 6.03 Å². The summed E-state index contributed by atoms with van der Waals surface area (Å²) >= 11 is 0. The van der Waals surface area contributed by atoms with Crippen molar-refractivity contribution in [3.8, 4) is 0 Å². The van der Waals surface area contributed by atoms with Gasteiger partial charge in [-0.2, -0.15) is 0 Å². The Kier molecular flexibility index (Phi) is 3.33. The molecule has 2 rings (SSSR count). The van der Waals surface area contributed by atoms with Crippen LogP contribution in [0, 0.1) is 0 Å². The minimum atomic E-state index is -0.526. The lowest BCUT2D eigenvalue weighted by Gasteiger charge is -2.22. The monoisotopic (exact) mass is 234 g/mol. The predicted octanol–water partition coefficient (Wildman–Crippen LogP) is 1.31. The Bertz CT molecular complexity index is 420. The van der Waals surface area contributed by atoms with E-state index in [0.29, 0.717) is 13.0 Å². The summed E-state index contributed by atoms with van der Waals surface area (Å²) in [5, 5.41) is 12.9. The Morgan fingerprint density at radius 3 is 2.94 bits per heavy atom. The first-order valence-corrected chi connectivity index (χ1v) is 5.91. The highest BCUT2D eigenvalue weighted by atomic mass is 16.3. The number of hydrogen-bond donors (Lipinski definition) is 2. The van der Waals surface area contributed by atoms with Crippen molar-refractivity contribution in [2.24, 2.45) is 0 Å². The highest BCUT2D eigenvalue weighted by molar-refractivity contribution is 5.74. The number of nitrogens with zero attached hydrogens (tertiary/aromatic N) is 1. The van der Waals surface area contributed by atoms with E-state index in [9.17, 15) is 9.90 Å². The molecule has 4 nitrogen and oxygen atoms in total. The summed E-state index contributed by atoms with van der Waals surface area (Å²) in [4.78, 5) is 13.4. The highest BCUT2D eigenvalue weighted by Crippen LogP contribution is 2.31. The third-order valence-corrected chi connectivity index (χ3v) is 3.30.